The fourth-order valence-electron chi connectivity index (χ4n) is 1.13. The first-order chi connectivity index (χ1) is 9.11. The Kier molecular flexibility index (Phi) is 5.86. The molecule has 1 rings (SSSR count). The van der Waals surface area contributed by atoms with Gasteiger partial charge in [0.05, 0.1) is 0 Å². The highest BCUT2D eigenvalue weighted by atomic mass is 35.5. The Labute approximate surface area is 115 Å². The number of nitriles is 1. The van der Waals surface area contributed by atoms with E-state index in [-0.39, 0.29) is 5.96 Å². The number of nitrogens with two attached hydrogens (primary N) is 1. The summed E-state index contributed by atoms with van der Waals surface area (Å²) in [4.78, 5) is 14.4. The minimum absolute atomic E-state index is 0.237. The van der Waals surface area contributed by atoms with Crippen molar-refractivity contribution in [3.05, 3.63) is 53.1 Å². The molecule has 0 aliphatic carbocycles. The average Bonchev–Trinajstić information content (AvgIpc) is 2.37. The van der Waals surface area contributed by atoms with Crippen LogP contribution in [0.25, 0.3) is 6.08 Å². The second-order valence-electron chi connectivity index (χ2n) is 3.36. The summed E-state index contributed by atoms with van der Waals surface area (Å²) in [7, 11) is 0. The third-order valence-electron chi connectivity index (χ3n) is 1.94. The number of aliphatic imine (C=N–C) groups is 1. The van der Waals surface area contributed by atoms with E-state index in [4.69, 9.17) is 22.6 Å². The van der Waals surface area contributed by atoms with Crippen LogP contribution in [0.4, 0.5) is 0 Å². The summed E-state index contributed by atoms with van der Waals surface area (Å²) in [5, 5.41) is 11.1. The number of nitrogens with one attached hydrogen (secondary N) is 1. The van der Waals surface area contributed by atoms with Gasteiger partial charge in [-0.25, -0.2) is 0 Å². The molecule has 0 bridgehead atoms. The molecule has 0 aromatic heterocycles. The number of nitrogens with zero attached hydrogens (tertiary/aromatic N) is 2. The van der Waals surface area contributed by atoms with Gasteiger partial charge in [0.15, 0.2) is 0 Å². The highest BCUT2D eigenvalue weighted by Gasteiger charge is 1.96. The van der Waals surface area contributed by atoms with E-state index in [0.717, 1.165) is 5.56 Å². The Morgan fingerprint density at radius 2 is 2.05 bits per heavy atom. The summed E-state index contributed by atoms with van der Waals surface area (Å²) in [6.07, 6.45) is 7.79. The highest BCUT2D eigenvalue weighted by molar-refractivity contribution is 6.30. The maximum absolute atomic E-state index is 11.3. The molecule has 1 aromatic carbocycles. The van der Waals surface area contributed by atoms with E-state index >= 15 is 0 Å². The number of allylic oxidation sites excluding steroid dienone is 2. The number of hydrogen-bond acceptors (Lipinski definition) is 3. The predicted octanol–water partition coefficient (Wildman–Crippen LogP) is 1.82. The molecule has 1 amide bonds. The third-order valence-corrected chi connectivity index (χ3v) is 2.19. The lowest BCUT2D eigenvalue weighted by molar-refractivity contribution is -0.115. The molecule has 0 aliphatic rings. The number of benzene rings is 1. The lowest BCUT2D eigenvalue weighted by Crippen LogP contribution is -2.35. The molecule has 0 spiro atoms. The summed E-state index contributed by atoms with van der Waals surface area (Å²) in [6.45, 7) is 0. The maximum atomic E-state index is 11.3. The van der Waals surface area contributed by atoms with E-state index in [1.165, 1.54) is 12.3 Å². The van der Waals surface area contributed by atoms with Crippen LogP contribution in [0.15, 0.2) is 47.5 Å². The van der Waals surface area contributed by atoms with Crippen LogP contribution in [0.1, 0.15) is 5.56 Å². The molecular formula is C13H11ClN4O. The van der Waals surface area contributed by atoms with Crippen molar-refractivity contribution < 1.29 is 4.79 Å². The lowest BCUT2D eigenvalue weighted by atomic mass is 10.2. The molecular weight excluding hydrogens is 264 g/mol. The van der Waals surface area contributed by atoms with Gasteiger partial charge in [-0.3, -0.25) is 10.1 Å². The van der Waals surface area contributed by atoms with Gasteiger partial charge in [0, 0.05) is 11.1 Å². The van der Waals surface area contributed by atoms with Crippen LogP contribution in [0.5, 0.6) is 0 Å². The minimum atomic E-state index is -0.461. The Hall–Kier alpha value is -2.58. The van der Waals surface area contributed by atoms with Gasteiger partial charge >= 0.3 is 0 Å². The topological polar surface area (TPSA) is 91.3 Å². The first-order valence-electron chi connectivity index (χ1n) is 5.25. The van der Waals surface area contributed by atoms with Gasteiger partial charge in [0.1, 0.15) is 0 Å². The van der Waals surface area contributed by atoms with Crippen molar-refractivity contribution in [1.29, 1.82) is 5.26 Å². The summed E-state index contributed by atoms with van der Waals surface area (Å²) in [5.41, 5.74) is 6.18. The van der Waals surface area contributed by atoms with E-state index in [0.29, 0.717) is 5.02 Å². The molecule has 0 saturated carbocycles. The summed E-state index contributed by atoms with van der Waals surface area (Å²) < 4.78 is 0. The van der Waals surface area contributed by atoms with Gasteiger partial charge in [-0.05, 0) is 17.7 Å². The van der Waals surface area contributed by atoms with Crippen molar-refractivity contribution in [3.8, 4) is 6.19 Å². The number of carbonyl (C=O) groups excluding carboxylic acids is 1. The second-order valence-corrected chi connectivity index (χ2v) is 3.79. The van der Waals surface area contributed by atoms with E-state index in [2.05, 4.69) is 10.3 Å². The van der Waals surface area contributed by atoms with Crippen molar-refractivity contribution in [3.63, 3.8) is 0 Å². The van der Waals surface area contributed by atoms with Crippen molar-refractivity contribution >= 4 is 29.5 Å². The van der Waals surface area contributed by atoms with Crippen LogP contribution in [0, 0.1) is 11.5 Å². The quantitative estimate of drug-likeness (QED) is 0.290. The van der Waals surface area contributed by atoms with Gasteiger partial charge in [-0.2, -0.15) is 5.26 Å². The molecule has 0 radical (unpaired) electrons. The predicted molar refractivity (Wildman–Crippen MR) is 75.0 cm³/mol. The van der Waals surface area contributed by atoms with Gasteiger partial charge in [0.25, 0.3) is 5.91 Å². The lowest BCUT2D eigenvalue weighted by Gasteiger charge is -1.96. The number of carbonyl (C=O) groups is 1. The molecule has 0 aliphatic heterocycles. The molecule has 0 saturated heterocycles. The zero-order valence-corrected chi connectivity index (χ0v) is 10.6. The monoisotopic (exact) mass is 274 g/mol. The van der Waals surface area contributed by atoms with Crippen LogP contribution < -0.4 is 11.1 Å². The summed E-state index contributed by atoms with van der Waals surface area (Å²) in [5.74, 6) is -0.698. The fourth-order valence-corrected chi connectivity index (χ4v) is 1.26. The largest absolute Gasteiger partial charge is 0.369 e. The third kappa shape index (κ3) is 6.05. The summed E-state index contributed by atoms with van der Waals surface area (Å²) >= 11 is 5.75. The molecule has 0 fully saturated rings. The molecule has 19 heavy (non-hydrogen) atoms. The highest BCUT2D eigenvalue weighted by Crippen LogP contribution is 2.10. The van der Waals surface area contributed by atoms with Crippen molar-refractivity contribution in [2.45, 2.75) is 0 Å². The first kappa shape index (κ1) is 14.5. The SMILES string of the molecule is N#CN=C(N)NC(=O)/C=C\C=C/c1ccc(Cl)cc1. The second kappa shape index (κ2) is 7.69. The van der Waals surface area contributed by atoms with Gasteiger partial charge in [-0.15, -0.1) is 4.99 Å². The van der Waals surface area contributed by atoms with E-state index in [9.17, 15) is 4.79 Å². The first-order valence-corrected chi connectivity index (χ1v) is 5.63. The molecule has 0 unspecified atom stereocenters. The molecule has 5 nitrogen and oxygen atoms in total. The zero-order chi connectivity index (χ0) is 14.1. The molecule has 0 heterocycles. The van der Waals surface area contributed by atoms with Crippen LogP contribution in [0.3, 0.4) is 0 Å². The normalized spacial score (nSPS) is 11.7. The fraction of sp³-hybridized carbons (Fsp3) is 0. The minimum Gasteiger partial charge on any atom is -0.369 e. The number of rotatable bonds is 3. The van der Waals surface area contributed by atoms with Gasteiger partial charge < -0.3 is 5.73 Å². The van der Waals surface area contributed by atoms with E-state index in [1.54, 1.807) is 24.3 Å². The Balaban J connectivity index is 2.50. The van der Waals surface area contributed by atoms with Crippen molar-refractivity contribution in [2.75, 3.05) is 0 Å². The Morgan fingerprint density at radius 1 is 1.37 bits per heavy atom. The number of halogens is 1. The number of guanidine groups is 1. The van der Waals surface area contributed by atoms with Gasteiger partial charge in [-0.1, -0.05) is 42.0 Å². The number of amides is 1. The van der Waals surface area contributed by atoms with Crippen LogP contribution in [-0.4, -0.2) is 11.9 Å². The zero-order valence-electron chi connectivity index (χ0n) is 9.88. The molecule has 3 N–H and O–H groups in total. The Morgan fingerprint density at radius 3 is 2.68 bits per heavy atom. The van der Waals surface area contributed by atoms with Crippen LogP contribution >= 0.6 is 11.6 Å². The average molecular weight is 275 g/mol. The Bertz CT molecular complexity index is 567. The van der Waals surface area contributed by atoms with Crippen molar-refractivity contribution in [2.24, 2.45) is 10.7 Å². The van der Waals surface area contributed by atoms with Crippen LogP contribution in [-0.2, 0) is 4.79 Å². The van der Waals surface area contributed by atoms with Crippen molar-refractivity contribution in [1.82, 2.24) is 5.32 Å². The number of hydrogen-bond donors (Lipinski definition) is 2. The molecule has 1 aromatic rings. The van der Waals surface area contributed by atoms with Crippen LogP contribution in [0.2, 0.25) is 5.02 Å². The smallest absolute Gasteiger partial charge is 0.250 e. The molecule has 0 atom stereocenters. The van der Waals surface area contributed by atoms with E-state index < -0.39 is 5.91 Å². The molecule has 6 heteroatoms. The maximum Gasteiger partial charge on any atom is 0.250 e. The molecule has 96 valence electrons. The standard InChI is InChI=1S/C13H11ClN4O/c14-11-7-5-10(6-8-11)3-1-2-4-12(19)18-13(16)17-9-15/h1-8H,(H3,16,17,18,19)/b3-1-,4-2-. The summed E-state index contributed by atoms with van der Waals surface area (Å²) in [6, 6.07) is 7.25. The van der Waals surface area contributed by atoms with E-state index in [1.807, 2.05) is 18.2 Å². The van der Waals surface area contributed by atoms with Gasteiger partial charge in [0.2, 0.25) is 12.2 Å².